The van der Waals surface area contributed by atoms with Gasteiger partial charge in [0, 0.05) is 31.3 Å². The quantitative estimate of drug-likeness (QED) is 0.886. The maximum atomic E-state index is 14.2. The van der Waals surface area contributed by atoms with E-state index >= 15 is 0 Å². The second-order valence-electron chi connectivity index (χ2n) is 7.38. The van der Waals surface area contributed by atoms with E-state index < -0.39 is 5.82 Å². The first kappa shape index (κ1) is 18.6. The zero-order valence-electron chi connectivity index (χ0n) is 15.8. The summed E-state index contributed by atoms with van der Waals surface area (Å²) in [5.74, 6) is -0.723. The molecule has 1 unspecified atom stereocenters. The van der Waals surface area contributed by atoms with Crippen molar-refractivity contribution >= 4 is 17.5 Å². The SMILES string of the molecule is CC(=O)N1CCCc2cc(-c3cc(F)cc(C(=O)NC4CCOC4)c3)ccc21. The van der Waals surface area contributed by atoms with Crippen LogP contribution in [0, 0.1) is 5.82 Å². The van der Waals surface area contributed by atoms with Gasteiger partial charge in [-0.1, -0.05) is 6.07 Å². The Morgan fingerprint density at radius 2 is 2.04 bits per heavy atom. The fourth-order valence-electron chi connectivity index (χ4n) is 3.91. The van der Waals surface area contributed by atoms with Crippen molar-refractivity contribution in [3.8, 4) is 11.1 Å². The van der Waals surface area contributed by atoms with Crippen LogP contribution in [-0.2, 0) is 16.0 Å². The van der Waals surface area contributed by atoms with Gasteiger partial charge in [0.25, 0.3) is 5.91 Å². The highest BCUT2D eigenvalue weighted by atomic mass is 19.1. The number of fused-ring (bicyclic) bond motifs is 1. The van der Waals surface area contributed by atoms with E-state index in [-0.39, 0.29) is 17.9 Å². The van der Waals surface area contributed by atoms with Crippen molar-refractivity contribution in [2.75, 3.05) is 24.7 Å². The largest absolute Gasteiger partial charge is 0.379 e. The number of halogens is 1. The fraction of sp³-hybridized carbons (Fsp3) is 0.364. The molecule has 2 aromatic carbocycles. The number of carbonyl (C=O) groups is 2. The number of anilines is 1. The lowest BCUT2D eigenvalue weighted by Gasteiger charge is -2.29. The van der Waals surface area contributed by atoms with Crippen LogP contribution in [-0.4, -0.2) is 37.6 Å². The first-order chi connectivity index (χ1) is 13.5. The molecule has 146 valence electrons. The summed E-state index contributed by atoms with van der Waals surface area (Å²) >= 11 is 0. The Morgan fingerprint density at radius 3 is 2.79 bits per heavy atom. The van der Waals surface area contributed by atoms with Crippen LogP contribution in [0.3, 0.4) is 0 Å². The van der Waals surface area contributed by atoms with E-state index in [0.29, 0.717) is 24.3 Å². The van der Waals surface area contributed by atoms with Crippen LogP contribution in [0.1, 0.15) is 35.7 Å². The van der Waals surface area contributed by atoms with Gasteiger partial charge >= 0.3 is 0 Å². The molecule has 0 bridgehead atoms. The number of carbonyl (C=O) groups excluding carboxylic acids is 2. The fourth-order valence-corrected chi connectivity index (χ4v) is 3.91. The number of amides is 2. The molecule has 6 heteroatoms. The molecule has 0 saturated carbocycles. The first-order valence-corrected chi connectivity index (χ1v) is 9.62. The predicted octanol–water partition coefficient (Wildman–Crippen LogP) is 3.31. The summed E-state index contributed by atoms with van der Waals surface area (Å²) in [7, 11) is 0. The van der Waals surface area contributed by atoms with Gasteiger partial charge in [0.2, 0.25) is 5.91 Å². The molecule has 2 aliphatic heterocycles. The molecule has 1 N–H and O–H groups in total. The molecule has 2 aliphatic rings. The van der Waals surface area contributed by atoms with Gasteiger partial charge in [-0.25, -0.2) is 4.39 Å². The Balaban J connectivity index is 1.63. The molecule has 0 radical (unpaired) electrons. The number of nitrogens with one attached hydrogen (secondary N) is 1. The van der Waals surface area contributed by atoms with Gasteiger partial charge in [-0.15, -0.1) is 0 Å². The monoisotopic (exact) mass is 382 g/mol. The van der Waals surface area contributed by atoms with E-state index in [2.05, 4.69) is 5.32 Å². The summed E-state index contributed by atoms with van der Waals surface area (Å²) in [5, 5.41) is 2.89. The molecule has 0 aliphatic carbocycles. The van der Waals surface area contributed by atoms with Gasteiger partial charge in [0.1, 0.15) is 5.82 Å². The summed E-state index contributed by atoms with van der Waals surface area (Å²) in [5.41, 5.74) is 3.76. The number of nitrogens with zero attached hydrogens (tertiary/aromatic N) is 1. The van der Waals surface area contributed by atoms with E-state index in [1.165, 1.54) is 12.1 Å². The summed E-state index contributed by atoms with van der Waals surface area (Å²) in [6.45, 7) is 3.41. The third-order valence-corrected chi connectivity index (χ3v) is 5.34. The first-order valence-electron chi connectivity index (χ1n) is 9.62. The van der Waals surface area contributed by atoms with Crippen LogP contribution in [0.4, 0.5) is 10.1 Å². The molecule has 0 aromatic heterocycles. The van der Waals surface area contributed by atoms with Gasteiger partial charge in [-0.2, -0.15) is 0 Å². The standard InChI is InChI=1S/C22H23FN2O3/c1-14(26)25-7-2-3-16-9-15(4-5-21(16)25)17-10-18(12-19(23)11-17)22(27)24-20-6-8-28-13-20/h4-5,9-12,20H,2-3,6-8,13H2,1H3,(H,24,27). The van der Waals surface area contributed by atoms with Crippen LogP contribution < -0.4 is 10.2 Å². The van der Waals surface area contributed by atoms with E-state index in [4.69, 9.17) is 4.74 Å². The van der Waals surface area contributed by atoms with E-state index in [0.717, 1.165) is 42.6 Å². The van der Waals surface area contributed by atoms with Crippen LogP contribution >= 0.6 is 0 Å². The van der Waals surface area contributed by atoms with Crippen LogP contribution in [0.25, 0.3) is 11.1 Å². The second-order valence-corrected chi connectivity index (χ2v) is 7.38. The molecule has 28 heavy (non-hydrogen) atoms. The molecular weight excluding hydrogens is 359 g/mol. The van der Waals surface area contributed by atoms with Crippen molar-refractivity contribution in [3.63, 3.8) is 0 Å². The molecule has 4 rings (SSSR count). The third-order valence-electron chi connectivity index (χ3n) is 5.34. The summed E-state index contributed by atoms with van der Waals surface area (Å²) < 4.78 is 19.5. The van der Waals surface area contributed by atoms with Gasteiger partial charge < -0.3 is 15.0 Å². The van der Waals surface area contributed by atoms with Crippen molar-refractivity contribution in [1.29, 1.82) is 0 Å². The molecule has 1 atom stereocenters. The van der Waals surface area contributed by atoms with Crippen molar-refractivity contribution in [3.05, 3.63) is 53.3 Å². The molecule has 2 aromatic rings. The number of benzene rings is 2. The number of hydrogen-bond donors (Lipinski definition) is 1. The highest BCUT2D eigenvalue weighted by molar-refractivity contribution is 5.96. The summed E-state index contributed by atoms with van der Waals surface area (Å²) in [6.07, 6.45) is 2.54. The Labute approximate surface area is 163 Å². The Kier molecular flexibility index (Phi) is 5.13. The molecule has 2 amide bonds. The maximum absolute atomic E-state index is 14.2. The summed E-state index contributed by atoms with van der Waals surface area (Å²) in [4.78, 5) is 26.1. The molecule has 1 saturated heterocycles. The van der Waals surface area contributed by atoms with E-state index in [1.54, 1.807) is 17.9 Å². The van der Waals surface area contributed by atoms with Crippen LogP contribution in [0.5, 0.6) is 0 Å². The molecule has 0 spiro atoms. The van der Waals surface area contributed by atoms with Crippen molar-refractivity contribution < 1.29 is 18.7 Å². The van der Waals surface area contributed by atoms with Gasteiger partial charge in [0.05, 0.1) is 12.6 Å². The average Bonchev–Trinajstić information content (AvgIpc) is 3.19. The minimum absolute atomic E-state index is 0.0225. The third kappa shape index (κ3) is 3.78. The lowest BCUT2D eigenvalue weighted by atomic mass is 9.95. The zero-order valence-corrected chi connectivity index (χ0v) is 15.8. The minimum atomic E-state index is -0.451. The normalized spacial score (nSPS) is 18.6. The lowest BCUT2D eigenvalue weighted by Crippen LogP contribution is -2.35. The van der Waals surface area contributed by atoms with Crippen molar-refractivity contribution in [1.82, 2.24) is 5.32 Å². The van der Waals surface area contributed by atoms with E-state index in [1.807, 2.05) is 18.2 Å². The van der Waals surface area contributed by atoms with Crippen molar-refractivity contribution in [2.45, 2.75) is 32.2 Å². The number of hydrogen-bond acceptors (Lipinski definition) is 3. The topological polar surface area (TPSA) is 58.6 Å². The Morgan fingerprint density at radius 1 is 1.18 bits per heavy atom. The Hall–Kier alpha value is -2.73. The van der Waals surface area contributed by atoms with Gasteiger partial charge in [0.15, 0.2) is 0 Å². The molecular formula is C22H23FN2O3. The minimum Gasteiger partial charge on any atom is -0.379 e. The van der Waals surface area contributed by atoms with Crippen molar-refractivity contribution in [2.24, 2.45) is 0 Å². The van der Waals surface area contributed by atoms with Crippen LogP contribution in [0.2, 0.25) is 0 Å². The second kappa shape index (κ2) is 7.72. The number of aryl methyl sites for hydroxylation is 1. The summed E-state index contributed by atoms with van der Waals surface area (Å²) in [6, 6.07) is 10.1. The van der Waals surface area contributed by atoms with E-state index in [9.17, 15) is 14.0 Å². The van der Waals surface area contributed by atoms with Gasteiger partial charge in [-0.05, 0) is 66.3 Å². The highest BCUT2D eigenvalue weighted by Gasteiger charge is 2.22. The zero-order chi connectivity index (χ0) is 19.7. The Bertz CT molecular complexity index is 922. The molecule has 1 fully saturated rings. The molecule has 5 nitrogen and oxygen atoms in total. The molecule has 2 heterocycles. The highest BCUT2D eigenvalue weighted by Crippen LogP contribution is 2.32. The average molecular weight is 382 g/mol. The predicted molar refractivity (Wildman–Crippen MR) is 105 cm³/mol. The number of ether oxygens (including phenoxy) is 1. The lowest BCUT2D eigenvalue weighted by molar-refractivity contribution is -0.116. The maximum Gasteiger partial charge on any atom is 0.251 e. The van der Waals surface area contributed by atoms with Crippen LogP contribution in [0.15, 0.2) is 36.4 Å². The smallest absolute Gasteiger partial charge is 0.251 e. The van der Waals surface area contributed by atoms with Gasteiger partial charge in [-0.3, -0.25) is 9.59 Å². The number of rotatable bonds is 3.